The smallest absolute Gasteiger partial charge is 0.328 e. The summed E-state index contributed by atoms with van der Waals surface area (Å²) in [4.78, 5) is 35.9. The van der Waals surface area contributed by atoms with Crippen molar-refractivity contribution >= 4 is 17.7 Å². The monoisotopic (exact) mass is 272 g/mol. The molecule has 0 aliphatic rings. The maximum Gasteiger partial charge on any atom is 0.328 e. The van der Waals surface area contributed by atoms with Crippen molar-refractivity contribution in [3.8, 4) is 0 Å². The molecular formula is C14H24O5. The topological polar surface area (TPSA) is 69.7 Å². The fraction of sp³-hybridized carbons (Fsp3) is 0.786. The van der Waals surface area contributed by atoms with Gasteiger partial charge in [0.05, 0.1) is 13.2 Å². The lowest BCUT2D eigenvalue weighted by Gasteiger charge is -2.22. The first-order valence-corrected chi connectivity index (χ1v) is 6.63. The summed E-state index contributed by atoms with van der Waals surface area (Å²) in [6, 6.07) is 0. The van der Waals surface area contributed by atoms with Crippen LogP contribution in [-0.4, -0.2) is 30.9 Å². The maximum atomic E-state index is 12.2. The quantitative estimate of drug-likeness (QED) is 0.524. The predicted octanol–water partition coefficient (Wildman–Crippen LogP) is 2.12. The Kier molecular flexibility index (Phi) is 7.34. The van der Waals surface area contributed by atoms with E-state index < -0.39 is 29.1 Å². The normalized spacial score (nSPS) is 11.3. The standard InChI is InChI=1S/C14H24O5/c1-6-8-18-12(16)10(11(15)14(3,4)5)13(17)19-9-7-2/h10H,6-9H2,1-5H3. The summed E-state index contributed by atoms with van der Waals surface area (Å²) in [5.41, 5.74) is -0.804. The first kappa shape index (κ1) is 17.6. The first-order chi connectivity index (χ1) is 8.75. The lowest BCUT2D eigenvalue weighted by molar-refractivity contribution is -0.166. The fourth-order valence-electron chi connectivity index (χ4n) is 1.32. The molecule has 19 heavy (non-hydrogen) atoms. The van der Waals surface area contributed by atoms with Crippen molar-refractivity contribution in [2.45, 2.75) is 47.5 Å². The molecule has 0 bridgehead atoms. The van der Waals surface area contributed by atoms with Gasteiger partial charge in [0, 0.05) is 5.41 Å². The minimum Gasteiger partial charge on any atom is -0.465 e. The second kappa shape index (κ2) is 7.92. The van der Waals surface area contributed by atoms with Crippen LogP contribution >= 0.6 is 0 Å². The SMILES string of the molecule is CCCOC(=O)C(C(=O)OCCC)C(=O)C(C)(C)C. The number of carbonyl (C=O) groups is 3. The van der Waals surface area contributed by atoms with E-state index in [1.54, 1.807) is 20.8 Å². The molecule has 0 atom stereocenters. The second-order valence-corrected chi connectivity index (χ2v) is 5.38. The molecular weight excluding hydrogens is 248 g/mol. The maximum absolute atomic E-state index is 12.2. The Morgan fingerprint density at radius 2 is 1.26 bits per heavy atom. The molecule has 110 valence electrons. The van der Waals surface area contributed by atoms with Gasteiger partial charge >= 0.3 is 11.9 Å². The van der Waals surface area contributed by atoms with Gasteiger partial charge in [0.1, 0.15) is 0 Å². The molecule has 0 N–H and O–H groups in total. The highest BCUT2D eigenvalue weighted by atomic mass is 16.6. The minimum absolute atomic E-state index is 0.188. The molecule has 0 heterocycles. The Bertz CT molecular complexity index is 307. The van der Waals surface area contributed by atoms with E-state index in [4.69, 9.17) is 9.47 Å². The Morgan fingerprint density at radius 3 is 1.53 bits per heavy atom. The molecule has 0 aromatic rings. The van der Waals surface area contributed by atoms with Crippen LogP contribution < -0.4 is 0 Å². The highest BCUT2D eigenvalue weighted by Crippen LogP contribution is 2.22. The number of Topliss-reactive ketones (excluding diaryl/α,β-unsaturated/α-hetero) is 1. The Balaban J connectivity index is 4.98. The van der Waals surface area contributed by atoms with Crippen LogP contribution in [0, 0.1) is 11.3 Å². The van der Waals surface area contributed by atoms with Gasteiger partial charge in [0.15, 0.2) is 5.78 Å². The van der Waals surface area contributed by atoms with Gasteiger partial charge in [-0.3, -0.25) is 14.4 Å². The summed E-state index contributed by atoms with van der Waals surface area (Å²) in [5, 5.41) is 0. The number of ether oxygens (including phenoxy) is 2. The minimum atomic E-state index is -1.47. The van der Waals surface area contributed by atoms with Crippen molar-refractivity contribution in [2.24, 2.45) is 11.3 Å². The van der Waals surface area contributed by atoms with Crippen LogP contribution in [0.15, 0.2) is 0 Å². The third-order valence-electron chi connectivity index (χ3n) is 2.37. The van der Waals surface area contributed by atoms with E-state index in [1.807, 2.05) is 13.8 Å². The van der Waals surface area contributed by atoms with Gasteiger partial charge in [-0.05, 0) is 12.8 Å². The Labute approximate surface area is 114 Å². The van der Waals surface area contributed by atoms with Crippen LogP contribution in [0.3, 0.4) is 0 Å². The summed E-state index contributed by atoms with van der Waals surface area (Å²) in [7, 11) is 0. The van der Waals surface area contributed by atoms with Gasteiger partial charge in [-0.15, -0.1) is 0 Å². The number of esters is 2. The van der Waals surface area contributed by atoms with E-state index in [0.717, 1.165) is 0 Å². The molecule has 0 saturated carbocycles. The molecule has 0 rings (SSSR count). The van der Waals surface area contributed by atoms with E-state index in [-0.39, 0.29) is 13.2 Å². The Hall–Kier alpha value is -1.39. The highest BCUT2D eigenvalue weighted by Gasteiger charge is 2.42. The average molecular weight is 272 g/mol. The summed E-state index contributed by atoms with van der Waals surface area (Å²) in [6.45, 7) is 9.02. The van der Waals surface area contributed by atoms with Gasteiger partial charge in [-0.2, -0.15) is 0 Å². The number of rotatable bonds is 7. The van der Waals surface area contributed by atoms with Crippen LogP contribution in [-0.2, 0) is 23.9 Å². The number of hydrogen-bond acceptors (Lipinski definition) is 5. The van der Waals surface area contributed by atoms with Crippen molar-refractivity contribution < 1.29 is 23.9 Å². The molecule has 0 unspecified atom stereocenters. The van der Waals surface area contributed by atoms with Gasteiger partial charge in [-0.25, -0.2) is 0 Å². The van der Waals surface area contributed by atoms with Crippen LogP contribution in [0.25, 0.3) is 0 Å². The van der Waals surface area contributed by atoms with E-state index >= 15 is 0 Å². The molecule has 0 amide bonds. The van der Waals surface area contributed by atoms with Crippen molar-refractivity contribution in [1.29, 1.82) is 0 Å². The number of hydrogen-bond donors (Lipinski definition) is 0. The van der Waals surface area contributed by atoms with Gasteiger partial charge in [-0.1, -0.05) is 34.6 Å². The van der Waals surface area contributed by atoms with Gasteiger partial charge in [0.25, 0.3) is 0 Å². The zero-order valence-electron chi connectivity index (χ0n) is 12.4. The van der Waals surface area contributed by atoms with Crippen molar-refractivity contribution in [3.05, 3.63) is 0 Å². The average Bonchev–Trinajstić information content (AvgIpc) is 2.32. The van der Waals surface area contributed by atoms with E-state index in [9.17, 15) is 14.4 Å². The number of carbonyl (C=O) groups excluding carboxylic acids is 3. The van der Waals surface area contributed by atoms with Crippen LogP contribution in [0.2, 0.25) is 0 Å². The van der Waals surface area contributed by atoms with E-state index in [1.165, 1.54) is 0 Å². The van der Waals surface area contributed by atoms with Crippen molar-refractivity contribution in [3.63, 3.8) is 0 Å². The third kappa shape index (κ3) is 5.85. The van der Waals surface area contributed by atoms with Gasteiger partial charge < -0.3 is 9.47 Å². The Morgan fingerprint density at radius 1 is 0.895 bits per heavy atom. The lowest BCUT2D eigenvalue weighted by Crippen LogP contribution is -2.41. The highest BCUT2D eigenvalue weighted by molar-refractivity contribution is 6.16. The largest absolute Gasteiger partial charge is 0.465 e. The molecule has 0 saturated heterocycles. The lowest BCUT2D eigenvalue weighted by atomic mass is 9.83. The third-order valence-corrected chi connectivity index (χ3v) is 2.37. The molecule has 0 aliphatic heterocycles. The van der Waals surface area contributed by atoms with Crippen LogP contribution in [0.5, 0.6) is 0 Å². The summed E-state index contributed by atoms with van der Waals surface area (Å²) in [5.74, 6) is -3.58. The molecule has 0 aliphatic carbocycles. The molecule has 0 aromatic heterocycles. The van der Waals surface area contributed by atoms with Crippen LogP contribution in [0.1, 0.15) is 47.5 Å². The molecule has 0 spiro atoms. The van der Waals surface area contributed by atoms with Crippen molar-refractivity contribution in [1.82, 2.24) is 0 Å². The predicted molar refractivity (Wildman–Crippen MR) is 70.5 cm³/mol. The van der Waals surface area contributed by atoms with E-state index in [0.29, 0.717) is 12.8 Å². The number of ketones is 1. The first-order valence-electron chi connectivity index (χ1n) is 6.63. The molecule has 5 nitrogen and oxygen atoms in total. The zero-order valence-corrected chi connectivity index (χ0v) is 12.4. The second-order valence-electron chi connectivity index (χ2n) is 5.38. The molecule has 5 heteroatoms. The van der Waals surface area contributed by atoms with E-state index in [2.05, 4.69) is 0 Å². The van der Waals surface area contributed by atoms with Crippen molar-refractivity contribution in [2.75, 3.05) is 13.2 Å². The summed E-state index contributed by atoms with van der Waals surface area (Å²) >= 11 is 0. The van der Waals surface area contributed by atoms with Crippen LogP contribution in [0.4, 0.5) is 0 Å². The zero-order chi connectivity index (χ0) is 15.1. The molecule has 0 radical (unpaired) electrons. The summed E-state index contributed by atoms with van der Waals surface area (Å²) in [6.07, 6.45) is 1.26. The fourth-order valence-corrected chi connectivity index (χ4v) is 1.32. The van der Waals surface area contributed by atoms with Gasteiger partial charge in [0.2, 0.25) is 5.92 Å². The molecule has 0 fully saturated rings. The summed E-state index contributed by atoms with van der Waals surface area (Å²) < 4.78 is 9.82. The molecule has 0 aromatic carbocycles.